The fourth-order valence-corrected chi connectivity index (χ4v) is 1.45. The molecular weight excluding hydrogens is 210 g/mol. The van der Waals surface area contributed by atoms with Crippen LogP contribution in [0.5, 0.6) is 5.75 Å². The van der Waals surface area contributed by atoms with E-state index in [0.29, 0.717) is 17.0 Å². The zero-order chi connectivity index (χ0) is 11.5. The third kappa shape index (κ3) is 1.64. The van der Waals surface area contributed by atoms with Crippen LogP contribution in [0.2, 0.25) is 0 Å². The Bertz CT molecular complexity index is 489. The van der Waals surface area contributed by atoms with Gasteiger partial charge in [-0.25, -0.2) is 9.59 Å². The van der Waals surface area contributed by atoms with Gasteiger partial charge in [0.1, 0.15) is 24.0 Å². The summed E-state index contributed by atoms with van der Waals surface area (Å²) in [6.45, 7) is 0.126. The van der Waals surface area contributed by atoms with Crippen LogP contribution < -0.4 is 10.1 Å². The first-order valence-electron chi connectivity index (χ1n) is 4.61. The first-order chi connectivity index (χ1) is 7.76. The molecule has 5 nitrogen and oxygen atoms in total. The molecule has 1 aliphatic rings. The third-order valence-corrected chi connectivity index (χ3v) is 2.20. The highest BCUT2D eigenvalue weighted by molar-refractivity contribution is 5.98. The molecule has 0 bridgehead atoms. The first-order valence-corrected chi connectivity index (χ1v) is 4.61. The number of nitrogens with one attached hydrogen (secondary N) is 1. The van der Waals surface area contributed by atoms with Gasteiger partial charge in [-0.15, -0.1) is 0 Å². The van der Waals surface area contributed by atoms with E-state index >= 15 is 0 Å². The lowest BCUT2D eigenvalue weighted by Crippen LogP contribution is -2.19. The van der Waals surface area contributed by atoms with E-state index in [1.807, 2.05) is 0 Å². The van der Waals surface area contributed by atoms with Crippen molar-refractivity contribution in [3.05, 3.63) is 29.5 Å². The third-order valence-electron chi connectivity index (χ3n) is 2.20. The summed E-state index contributed by atoms with van der Waals surface area (Å²) >= 11 is 0. The number of para-hydroxylation sites is 1. The van der Waals surface area contributed by atoms with Gasteiger partial charge < -0.3 is 14.8 Å². The van der Waals surface area contributed by atoms with Crippen molar-refractivity contribution in [3.63, 3.8) is 0 Å². The molecule has 0 radical (unpaired) electrons. The molecule has 1 aromatic carbocycles. The Labute approximate surface area is 91.7 Å². The van der Waals surface area contributed by atoms with E-state index in [1.165, 1.54) is 7.11 Å². The van der Waals surface area contributed by atoms with Crippen LogP contribution >= 0.6 is 0 Å². The number of esters is 1. The maximum Gasteiger partial charge on any atom is 0.340 e. The Balaban J connectivity index is 2.50. The van der Waals surface area contributed by atoms with Crippen LogP contribution in [0.1, 0.15) is 10.4 Å². The molecule has 1 N–H and O–H groups in total. The fourth-order valence-electron chi connectivity index (χ4n) is 1.45. The van der Waals surface area contributed by atoms with Crippen LogP contribution in [0.4, 0.5) is 5.69 Å². The predicted molar refractivity (Wildman–Crippen MR) is 56.1 cm³/mol. The van der Waals surface area contributed by atoms with Crippen molar-refractivity contribution in [2.24, 2.45) is 0 Å². The minimum atomic E-state index is -0.486. The van der Waals surface area contributed by atoms with E-state index in [1.54, 1.807) is 24.1 Å². The molecule has 16 heavy (non-hydrogen) atoms. The number of hydrogen-bond donors (Lipinski definition) is 1. The second-order valence-corrected chi connectivity index (χ2v) is 3.16. The molecule has 0 atom stereocenters. The standard InChI is InChI=1S/C11H9NO4/c1-15-11(14)8-3-2-4-9-10(8)12-7(5-13)6-16-9/h2-4,12H,6H2,1H3. The number of fused-ring (bicyclic) bond motifs is 1. The van der Waals surface area contributed by atoms with E-state index in [4.69, 9.17) is 4.74 Å². The number of ether oxygens (including phenoxy) is 2. The molecule has 0 saturated heterocycles. The van der Waals surface area contributed by atoms with Crippen LogP contribution in [0.15, 0.2) is 23.9 Å². The topological polar surface area (TPSA) is 64.6 Å². The molecule has 0 saturated carbocycles. The van der Waals surface area contributed by atoms with Crippen molar-refractivity contribution in [2.45, 2.75) is 0 Å². The molecule has 82 valence electrons. The lowest BCUT2D eigenvalue weighted by molar-refractivity contribution is 0.0601. The fraction of sp³-hybridized carbons (Fsp3) is 0.182. The van der Waals surface area contributed by atoms with Crippen molar-refractivity contribution in [2.75, 3.05) is 19.0 Å². The Hall–Kier alpha value is -2.26. The smallest absolute Gasteiger partial charge is 0.340 e. The average molecular weight is 219 g/mol. The van der Waals surface area contributed by atoms with Crippen molar-refractivity contribution in [3.8, 4) is 5.75 Å². The Morgan fingerprint density at radius 3 is 3.06 bits per heavy atom. The number of hydrogen-bond acceptors (Lipinski definition) is 5. The lowest BCUT2D eigenvalue weighted by Gasteiger charge is -2.21. The van der Waals surface area contributed by atoms with Gasteiger partial charge in [-0.3, -0.25) is 0 Å². The van der Waals surface area contributed by atoms with Crippen LogP contribution in [0, 0.1) is 0 Å². The van der Waals surface area contributed by atoms with Crippen molar-refractivity contribution in [1.82, 2.24) is 0 Å². The zero-order valence-corrected chi connectivity index (χ0v) is 8.57. The molecule has 0 fully saturated rings. The highest BCUT2D eigenvalue weighted by Crippen LogP contribution is 2.33. The summed E-state index contributed by atoms with van der Waals surface area (Å²) in [6, 6.07) is 4.98. The molecule has 0 unspecified atom stereocenters. The summed E-state index contributed by atoms with van der Waals surface area (Å²) < 4.78 is 9.92. The maximum atomic E-state index is 11.5. The SMILES string of the molecule is COC(=O)c1cccc2c1NC(=C=O)CO2. The second kappa shape index (κ2) is 4.08. The highest BCUT2D eigenvalue weighted by Gasteiger charge is 2.21. The van der Waals surface area contributed by atoms with Gasteiger partial charge >= 0.3 is 5.97 Å². The largest absolute Gasteiger partial charge is 0.484 e. The molecule has 0 spiro atoms. The van der Waals surface area contributed by atoms with Crippen LogP contribution in [0.3, 0.4) is 0 Å². The summed E-state index contributed by atoms with van der Waals surface area (Å²) in [5, 5.41) is 2.80. The Morgan fingerprint density at radius 2 is 2.38 bits per heavy atom. The van der Waals surface area contributed by atoms with Crippen LogP contribution in [-0.4, -0.2) is 25.6 Å². The summed E-state index contributed by atoms with van der Waals surface area (Å²) in [6.07, 6.45) is 0. The molecule has 1 heterocycles. The minimum Gasteiger partial charge on any atom is -0.484 e. The summed E-state index contributed by atoms with van der Waals surface area (Å²) in [4.78, 5) is 22.0. The lowest BCUT2D eigenvalue weighted by atomic mass is 10.1. The van der Waals surface area contributed by atoms with Gasteiger partial charge in [-0.05, 0) is 12.1 Å². The van der Waals surface area contributed by atoms with Crippen LogP contribution in [0.25, 0.3) is 0 Å². The van der Waals surface area contributed by atoms with E-state index in [2.05, 4.69) is 10.1 Å². The van der Waals surface area contributed by atoms with Gasteiger partial charge in [0.05, 0.1) is 18.4 Å². The number of rotatable bonds is 1. The van der Waals surface area contributed by atoms with Gasteiger partial charge in [-0.1, -0.05) is 6.07 Å². The molecule has 5 heteroatoms. The van der Waals surface area contributed by atoms with Crippen molar-refractivity contribution >= 4 is 17.6 Å². The summed E-state index contributed by atoms with van der Waals surface area (Å²) in [5.41, 5.74) is 1.02. The van der Waals surface area contributed by atoms with Gasteiger partial charge in [-0.2, -0.15) is 0 Å². The van der Waals surface area contributed by atoms with E-state index in [-0.39, 0.29) is 12.3 Å². The minimum absolute atomic E-state index is 0.126. The molecule has 2 rings (SSSR count). The van der Waals surface area contributed by atoms with Crippen LogP contribution in [-0.2, 0) is 9.53 Å². The average Bonchev–Trinajstić information content (AvgIpc) is 2.36. The van der Waals surface area contributed by atoms with Gasteiger partial charge in [0.15, 0.2) is 0 Å². The zero-order valence-electron chi connectivity index (χ0n) is 8.57. The van der Waals surface area contributed by atoms with E-state index in [9.17, 15) is 9.59 Å². The maximum absolute atomic E-state index is 11.5. The summed E-state index contributed by atoms with van der Waals surface area (Å²) in [5.74, 6) is 1.74. The monoisotopic (exact) mass is 219 g/mol. The van der Waals surface area contributed by atoms with E-state index < -0.39 is 5.97 Å². The number of carbonyl (C=O) groups excluding carboxylic acids is 2. The van der Waals surface area contributed by atoms with Crippen molar-refractivity contribution < 1.29 is 19.1 Å². The van der Waals surface area contributed by atoms with Crippen molar-refractivity contribution in [1.29, 1.82) is 0 Å². The summed E-state index contributed by atoms with van der Waals surface area (Å²) in [7, 11) is 1.29. The number of methoxy groups -OCH3 is 1. The highest BCUT2D eigenvalue weighted by atomic mass is 16.5. The predicted octanol–water partition coefficient (Wildman–Crippen LogP) is 0.993. The number of benzene rings is 1. The first kappa shape index (κ1) is 10.3. The molecule has 1 aliphatic heterocycles. The van der Waals surface area contributed by atoms with Gasteiger partial charge in [0.25, 0.3) is 0 Å². The Kier molecular flexibility index (Phi) is 2.62. The van der Waals surface area contributed by atoms with E-state index in [0.717, 1.165) is 0 Å². The molecule has 0 aromatic heterocycles. The number of carbonyl (C=O) groups is 1. The molecule has 1 aromatic rings. The number of anilines is 1. The molecule has 0 aliphatic carbocycles. The van der Waals surface area contributed by atoms with Gasteiger partial charge in [0.2, 0.25) is 0 Å². The molecular formula is C11H9NO4. The van der Waals surface area contributed by atoms with Gasteiger partial charge in [0, 0.05) is 0 Å². The normalized spacial score (nSPS) is 12.9. The quantitative estimate of drug-likeness (QED) is 0.563. The Morgan fingerprint density at radius 1 is 1.56 bits per heavy atom. The molecule has 0 amide bonds. The second-order valence-electron chi connectivity index (χ2n) is 3.16.